The van der Waals surface area contributed by atoms with Crippen molar-refractivity contribution in [2.75, 3.05) is 16.8 Å². The smallest absolute Gasteiger partial charge is 0.228 e. The lowest BCUT2D eigenvalue weighted by Crippen LogP contribution is -2.23. The molecule has 0 spiro atoms. The molecule has 1 atom stereocenters. The number of carbonyl (C=O) groups is 1. The Kier molecular flexibility index (Phi) is 3.64. The quantitative estimate of drug-likeness (QED) is 0.921. The molecule has 2 aromatic heterocycles. The maximum absolute atomic E-state index is 12.1. The van der Waals surface area contributed by atoms with Crippen LogP contribution in [0, 0.1) is 5.92 Å². The van der Waals surface area contributed by atoms with Crippen molar-refractivity contribution in [3.05, 3.63) is 18.5 Å². The summed E-state index contributed by atoms with van der Waals surface area (Å²) in [6, 6.07) is 2.00. The number of hydrogen-bond donors (Lipinski definition) is 1. The van der Waals surface area contributed by atoms with Gasteiger partial charge in [-0.05, 0) is 26.3 Å². The first-order chi connectivity index (χ1) is 10.4. The molecule has 1 saturated heterocycles. The van der Waals surface area contributed by atoms with Gasteiger partial charge in [0.2, 0.25) is 5.91 Å². The molecular formula is C14H18N4O3S. The zero-order valence-corrected chi connectivity index (χ0v) is 13.3. The number of nitrogens with zero attached hydrogens (tertiary/aromatic N) is 3. The van der Waals surface area contributed by atoms with Gasteiger partial charge in [0, 0.05) is 11.4 Å². The highest BCUT2D eigenvalue weighted by molar-refractivity contribution is 7.91. The van der Waals surface area contributed by atoms with Crippen molar-refractivity contribution < 1.29 is 13.2 Å². The summed E-state index contributed by atoms with van der Waals surface area (Å²) in [7, 11) is -3.06. The summed E-state index contributed by atoms with van der Waals surface area (Å²) < 4.78 is 24.7. The molecule has 1 amide bonds. The van der Waals surface area contributed by atoms with E-state index in [1.54, 1.807) is 18.5 Å². The normalized spacial score (nSPS) is 20.6. The summed E-state index contributed by atoms with van der Waals surface area (Å²) in [6.07, 6.45) is 3.66. The average molecular weight is 322 g/mol. The number of aromatic nitrogens is 3. The molecule has 8 heteroatoms. The number of pyridine rings is 1. The van der Waals surface area contributed by atoms with Gasteiger partial charge in [0.25, 0.3) is 0 Å². The second-order valence-electron chi connectivity index (χ2n) is 5.91. The molecule has 1 aliphatic rings. The third-order valence-corrected chi connectivity index (χ3v) is 5.56. The SMILES string of the molecule is CC(C)n1ncc2cc(NC(=O)[C@H]3CCS(=O)(=O)C3)cnc21. The third kappa shape index (κ3) is 2.83. The van der Waals surface area contributed by atoms with Crippen LogP contribution in [0.2, 0.25) is 0 Å². The molecule has 0 bridgehead atoms. The fraction of sp³-hybridized carbons (Fsp3) is 0.500. The van der Waals surface area contributed by atoms with Gasteiger partial charge in [0.1, 0.15) is 0 Å². The summed E-state index contributed by atoms with van der Waals surface area (Å²) in [5.41, 5.74) is 1.32. The summed E-state index contributed by atoms with van der Waals surface area (Å²) in [5, 5.41) is 7.86. The molecule has 1 N–H and O–H groups in total. The first-order valence-electron chi connectivity index (χ1n) is 7.20. The van der Waals surface area contributed by atoms with Gasteiger partial charge in [0.05, 0.1) is 35.5 Å². The first kappa shape index (κ1) is 15.0. The maximum atomic E-state index is 12.1. The molecular weight excluding hydrogens is 304 g/mol. The van der Waals surface area contributed by atoms with E-state index < -0.39 is 15.8 Å². The van der Waals surface area contributed by atoms with Crippen LogP contribution in [0.1, 0.15) is 26.3 Å². The van der Waals surface area contributed by atoms with Crippen LogP contribution in [-0.2, 0) is 14.6 Å². The molecule has 0 unspecified atom stereocenters. The predicted molar refractivity (Wildman–Crippen MR) is 83.3 cm³/mol. The van der Waals surface area contributed by atoms with Crippen LogP contribution >= 0.6 is 0 Å². The van der Waals surface area contributed by atoms with E-state index in [2.05, 4.69) is 15.4 Å². The van der Waals surface area contributed by atoms with Gasteiger partial charge in [-0.2, -0.15) is 5.10 Å². The Bertz CT molecular complexity index is 826. The lowest BCUT2D eigenvalue weighted by atomic mass is 10.1. The van der Waals surface area contributed by atoms with Gasteiger partial charge in [-0.15, -0.1) is 0 Å². The highest BCUT2D eigenvalue weighted by atomic mass is 32.2. The number of fused-ring (bicyclic) bond motifs is 1. The van der Waals surface area contributed by atoms with Crippen molar-refractivity contribution in [1.82, 2.24) is 14.8 Å². The summed E-state index contributed by atoms with van der Waals surface area (Å²) in [4.78, 5) is 16.5. The summed E-state index contributed by atoms with van der Waals surface area (Å²) in [6.45, 7) is 4.04. The van der Waals surface area contributed by atoms with Crippen molar-refractivity contribution >= 4 is 32.5 Å². The Morgan fingerprint density at radius 2 is 2.18 bits per heavy atom. The second-order valence-corrected chi connectivity index (χ2v) is 8.14. The Hall–Kier alpha value is -1.96. The molecule has 2 aromatic rings. The minimum atomic E-state index is -3.06. The van der Waals surface area contributed by atoms with Crippen LogP contribution in [0.15, 0.2) is 18.5 Å². The van der Waals surface area contributed by atoms with E-state index >= 15 is 0 Å². The number of rotatable bonds is 3. The number of anilines is 1. The number of amides is 1. The van der Waals surface area contributed by atoms with Crippen molar-refractivity contribution in [3.8, 4) is 0 Å². The minimum Gasteiger partial charge on any atom is -0.324 e. The van der Waals surface area contributed by atoms with Crippen LogP contribution in [0.5, 0.6) is 0 Å². The monoisotopic (exact) mass is 322 g/mol. The van der Waals surface area contributed by atoms with Crippen LogP contribution in [-0.4, -0.2) is 40.6 Å². The van der Waals surface area contributed by atoms with E-state index in [1.807, 2.05) is 18.5 Å². The zero-order chi connectivity index (χ0) is 15.9. The molecule has 3 heterocycles. The molecule has 0 aliphatic carbocycles. The van der Waals surface area contributed by atoms with E-state index in [0.29, 0.717) is 12.1 Å². The maximum Gasteiger partial charge on any atom is 0.228 e. The fourth-order valence-electron chi connectivity index (χ4n) is 2.63. The number of sulfone groups is 1. The molecule has 0 aromatic carbocycles. The highest BCUT2D eigenvalue weighted by Crippen LogP contribution is 2.22. The van der Waals surface area contributed by atoms with Crippen molar-refractivity contribution in [3.63, 3.8) is 0 Å². The first-order valence-corrected chi connectivity index (χ1v) is 9.02. The summed E-state index contributed by atoms with van der Waals surface area (Å²) >= 11 is 0. The Labute approximate surface area is 128 Å². The zero-order valence-electron chi connectivity index (χ0n) is 12.5. The Morgan fingerprint density at radius 1 is 1.41 bits per heavy atom. The van der Waals surface area contributed by atoms with Crippen LogP contribution in [0.25, 0.3) is 11.0 Å². The van der Waals surface area contributed by atoms with E-state index in [9.17, 15) is 13.2 Å². The molecule has 0 radical (unpaired) electrons. The van der Waals surface area contributed by atoms with E-state index in [-0.39, 0.29) is 23.5 Å². The standard InChI is InChI=1S/C14H18N4O3S/c1-9(2)18-13-11(6-16-18)5-12(7-15-13)17-14(19)10-3-4-22(20,21)8-10/h5-7,9-10H,3-4,8H2,1-2H3,(H,17,19)/t10-/m0/s1. The molecule has 1 fully saturated rings. The molecule has 0 saturated carbocycles. The lowest BCUT2D eigenvalue weighted by molar-refractivity contribution is -0.119. The Morgan fingerprint density at radius 3 is 2.82 bits per heavy atom. The van der Waals surface area contributed by atoms with Crippen LogP contribution < -0.4 is 5.32 Å². The van der Waals surface area contributed by atoms with Crippen molar-refractivity contribution in [2.45, 2.75) is 26.3 Å². The van der Waals surface area contributed by atoms with E-state index in [0.717, 1.165) is 11.0 Å². The topological polar surface area (TPSA) is 94.0 Å². The number of hydrogen-bond acceptors (Lipinski definition) is 5. The molecule has 1 aliphatic heterocycles. The third-order valence-electron chi connectivity index (χ3n) is 3.79. The molecule has 22 heavy (non-hydrogen) atoms. The van der Waals surface area contributed by atoms with Crippen molar-refractivity contribution in [2.24, 2.45) is 5.92 Å². The van der Waals surface area contributed by atoms with Crippen LogP contribution in [0.4, 0.5) is 5.69 Å². The number of nitrogens with one attached hydrogen (secondary N) is 1. The minimum absolute atomic E-state index is 0.0697. The molecule has 3 rings (SSSR count). The van der Waals surface area contributed by atoms with Gasteiger partial charge in [0.15, 0.2) is 15.5 Å². The van der Waals surface area contributed by atoms with Gasteiger partial charge >= 0.3 is 0 Å². The van der Waals surface area contributed by atoms with E-state index in [4.69, 9.17) is 0 Å². The summed E-state index contributed by atoms with van der Waals surface area (Å²) in [5.74, 6) is -0.721. The molecule has 7 nitrogen and oxygen atoms in total. The van der Waals surface area contributed by atoms with Gasteiger partial charge in [-0.25, -0.2) is 18.1 Å². The molecule has 118 valence electrons. The van der Waals surface area contributed by atoms with E-state index in [1.165, 1.54) is 0 Å². The van der Waals surface area contributed by atoms with Gasteiger partial charge < -0.3 is 5.32 Å². The highest BCUT2D eigenvalue weighted by Gasteiger charge is 2.33. The lowest BCUT2D eigenvalue weighted by Gasteiger charge is -2.10. The van der Waals surface area contributed by atoms with Crippen molar-refractivity contribution in [1.29, 1.82) is 0 Å². The average Bonchev–Trinajstić information content (AvgIpc) is 3.01. The second kappa shape index (κ2) is 5.35. The van der Waals surface area contributed by atoms with Crippen LogP contribution in [0.3, 0.4) is 0 Å². The predicted octanol–water partition coefficient (Wildman–Crippen LogP) is 1.39. The number of carbonyl (C=O) groups excluding carboxylic acids is 1. The van der Waals surface area contributed by atoms with Gasteiger partial charge in [-0.1, -0.05) is 0 Å². The largest absolute Gasteiger partial charge is 0.324 e. The van der Waals surface area contributed by atoms with Gasteiger partial charge in [-0.3, -0.25) is 4.79 Å². The Balaban J connectivity index is 1.78. The fourth-order valence-corrected chi connectivity index (χ4v) is 4.37.